The van der Waals surface area contributed by atoms with Gasteiger partial charge in [0.25, 0.3) is 5.56 Å². The molecule has 0 spiro atoms. The first kappa shape index (κ1) is 15.4. The molecule has 1 aromatic carbocycles. The highest BCUT2D eigenvalue weighted by molar-refractivity contribution is 7.18. The molecule has 124 valence electrons. The molecule has 0 amide bonds. The summed E-state index contributed by atoms with van der Waals surface area (Å²) in [4.78, 5) is 19.3. The van der Waals surface area contributed by atoms with Gasteiger partial charge in [-0.3, -0.25) is 9.36 Å². The number of aliphatic hydroxyl groups excluding tert-OH is 1. The average molecular weight is 342 g/mol. The topological polar surface area (TPSA) is 64.4 Å². The van der Waals surface area contributed by atoms with Gasteiger partial charge >= 0.3 is 0 Å². The van der Waals surface area contributed by atoms with Gasteiger partial charge in [-0.15, -0.1) is 11.3 Å². The predicted molar refractivity (Wildman–Crippen MR) is 93.8 cm³/mol. The van der Waals surface area contributed by atoms with Crippen LogP contribution in [0.15, 0.2) is 41.5 Å². The van der Waals surface area contributed by atoms with Gasteiger partial charge in [-0.2, -0.15) is 0 Å². The number of thiophene rings is 1. The Balaban J connectivity index is 1.52. The number of ether oxygens (including phenoxy) is 1. The lowest BCUT2D eigenvalue weighted by atomic mass is 10.2. The van der Waals surface area contributed by atoms with Gasteiger partial charge in [0.15, 0.2) is 0 Å². The maximum absolute atomic E-state index is 12.7. The second-order valence-electron chi connectivity index (χ2n) is 6.02. The van der Waals surface area contributed by atoms with Gasteiger partial charge in [-0.25, -0.2) is 4.98 Å². The molecule has 0 saturated heterocycles. The van der Waals surface area contributed by atoms with Crippen molar-refractivity contribution in [3.63, 3.8) is 0 Å². The summed E-state index contributed by atoms with van der Waals surface area (Å²) in [6, 6.07) is 9.33. The first-order chi connectivity index (χ1) is 11.7. The minimum Gasteiger partial charge on any atom is -0.491 e. The van der Waals surface area contributed by atoms with Gasteiger partial charge in [-0.05, 0) is 37.0 Å². The summed E-state index contributed by atoms with van der Waals surface area (Å²) in [5, 5.41) is 10.9. The number of aliphatic hydroxyl groups is 1. The van der Waals surface area contributed by atoms with Crippen LogP contribution < -0.4 is 10.3 Å². The molecule has 0 saturated carbocycles. The van der Waals surface area contributed by atoms with Crippen LogP contribution in [0.25, 0.3) is 10.2 Å². The summed E-state index contributed by atoms with van der Waals surface area (Å²) in [7, 11) is 0. The van der Waals surface area contributed by atoms with Crippen molar-refractivity contribution in [3.8, 4) is 5.75 Å². The van der Waals surface area contributed by atoms with Gasteiger partial charge in [0.2, 0.25) is 0 Å². The van der Waals surface area contributed by atoms with E-state index in [9.17, 15) is 9.90 Å². The highest BCUT2D eigenvalue weighted by Gasteiger charge is 2.21. The summed E-state index contributed by atoms with van der Waals surface area (Å²) >= 11 is 1.62. The van der Waals surface area contributed by atoms with Crippen LogP contribution in [-0.4, -0.2) is 27.4 Å². The van der Waals surface area contributed by atoms with Crippen molar-refractivity contribution >= 4 is 21.6 Å². The van der Waals surface area contributed by atoms with E-state index in [4.69, 9.17) is 4.74 Å². The SMILES string of the molecule is O=c1c2c3c(sc2ncn1CC(O)COc1ccccc1)CCC3. The van der Waals surface area contributed by atoms with Crippen LogP contribution in [0.3, 0.4) is 0 Å². The van der Waals surface area contributed by atoms with Gasteiger partial charge in [0.1, 0.15) is 23.3 Å². The smallest absolute Gasteiger partial charge is 0.262 e. The molecule has 0 fully saturated rings. The van der Waals surface area contributed by atoms with E-state index < -0.39 is 6.10 Å². The lowest BCUT2D eigenvalue weighted by molar-refractivity contribution is 0.0915. The van der Waals surface area contributed by atoms with Crippen molar-refractivity contribution in [1.29, 1.82) is 0 Å². The molecule has 24 heavy (non-hydrogen) atoms. The molecule has 2 heterocycles. The zero-order valence-corrected chi connectivity index (χ0v) is 14.0. The van der Waals surface area contributed by atoms with Crippen LogP contribution in [0.1, 0.15) is 16.9 Å². The predicted octanol–water partition coefficient (Wildman–Crippen LogP) is 2.39. The zero-order chi connectivity index (χ0) is 16.5. The number of aryl methyl sites for hydroxylation is 2. The van der Waals surface area contributed by atoms with Gasteiger partial charge in [0.05, 0.1) is 18.3 Å². The Labute approximate surface area is 143 Å². The summed E-state index contributed by atoms with van der Waals surface area (Å²) in [5.41, 5.74) is 1.11. The molecule has 6 heteroatoms. The molecule has 5 nitrogen and oxygen atoms in total. The number of fused-ring (bicyclic) bond motifs is 3. The molecule has 1 atom stereocenters. The van der Waals surface area contributed by atoms with Crippen LogP contribution in [-0.2, 0) is 19.4 Å². The molecule has 1 aliphatic rings. The molecule has 0 bridgehead atoms. The van der Waals surface area contributed by atoms with Crippen molar-refractivity contribution < 1.29 is 9.84 Å². The first-order valence-electron chi connectivity index (χ1n) is 8.08. The van der Waals surface area contributed by atoms with E-state index in [0.717, 1.165) is 35.0 Å². The first-order valence-corrected chi connectivity index (χ1v) is 8.89. The fourth-order valence-corrected chi connectivity index (χ4v) is 4.36. The number of benzene rings is 1. The molecule has 1 N–H and O–H groups in total. The molecular weight excluding hydrogens is 324 g/mol. The lowest BCUT2D eigenvalue weighted by Gasteiger charge is -2.13. The third-order valence-corrected chi connectivity index (χ3v) is 5.48. The fourth-order valence-electron chi connectivity index (χ4n) is 3.14. The van der Waals surface area contributed by atoms with Crippen LogP contribution in [0, 0.1) is 0 Å². The summed E-state index contributed by atoms with van der Waals surface area (Å²) in [6.07, 6.45) is 3.87. The van der Waals surface area contributed by atoms with Crippen molar-refractivity contribution in [1.82, 2.24) is 9.55 Å². The van der Waals surface area contributed by atoms with E-state index in [1.54, 1.807) is 11.3 Å². The third kappa shape index (κ3) is 2.83. The van der Waals surface area contributed by atoms with E-state index in [1.807, 2.05) is 30.3 Å². The van der Waals surface area contributed by atoms with Crippen molar-refractivity contribution in [2.75, 3.05) is 6.61 Å². The molecule has 1 aliphatic carbocycles. The zero-order valence-electron chi connectivity index (χ0n) is 13.1. The Morgan fingerprint density at radius 1 is 1.29 bits per heavy atom. The monoisotopic (exact) mass is 342 g/mol. The summed E-state index contributed by atoms with van der Waals surface area (Å²) < 4.78 is 7.04. The van der Waals surface area contributed by atoms with Crippen LogP contribution in [0.2, 0.25) is 0 Å². The summed E-state index contributed by atoms with van der Waals surface area (Å²) in [5.74, 6) is 0.702. The number of nitrogens with zero attached hydrogens (tertiary/aromatic N) is 2. The van der Waals surface area contributed by atoms with E-state index in [2.05, 4.69) is 4.98 Å². The number of aromatic nitrogens is 2. The average Bonchev–Trinajstić information content (AvgIpc) is 3.17. The molecule has 1 unspecified atom stereocenters. The Kier molecular flexibility index (Phi) is 4.08. The number of rotatable bonds is 5. The highest BCUT2D eigenvalue weighted by Crippen LogP contribution is 2.34. The minimum absolute atomic E-state index is 0.0573. The molecule has 0 aliphatic heterocycles. The molecular formula is C18H18N2O3S. The van der Waals surface area contributed by atoms with Crippen molar-refractivity contribution in [3.05, 3.63) is 57.5 Å². The second kappa shape index (κ2) is 6.37. The van der Waals surface area contributed by atoms with Gasteiger partial charge in [0, 0.05) is 4.88 Å². The number of hydrogen-bond acceptors (Lipinski definition) is 5. The van der Waals surface area contributed by atoms with Crippen molar-refractivity contribution in [2.24, 2.45) is 0 Å². The normalized spacial score (nSPS) is 14.7. The largest absolute Gasteiger partial charge is 0.491 e. The second-order valence-corrected chi connectivity index (χ2v) is 7.10. The molecule has 4 rings (SSSR count). The maximum Gasteiger partial charge on any atom is 0.262 e. The van der Waals surface area contributed by atoms with Gasteiger partial charge < -0.3 is 9.84 Å². The fraction of sp³-hybridized carbons (Fsp3) is 0.333. The lowest BCUT2D eigenvalue weighted by Crippen LogP contribution is -2.30. The number of para-hydroxylation sites is 1. The van der Waals surface area contributed by atoms with E-state index in [0.29, 0.717) is 5.75 Å². The molecule has 3 aromatic rings. The standard InChI is InChI=1S/C18H18N2O3S/c21-12(10-23-13-5-2-1-3-6-13)9-20-11-19-17-16(18(20)22)14-7-4-8-15(14)24-17/h1-3,5-6,11-12,21H,4,7-10H2. The Morgan fingerprint density at radius 3 is 2.96 bits per heavy atom. The van der Waals surface area contributed by atoms with Crippen LogP contribution in [0.5, 0.6) is 5.75 Å². The number of hydrogen-bond donors (Lipinski definition) is 1. The molecule has 0 radical (unpaired) electrons. The Morgan fingerprint density at radius 2 is 2.12 bits per heavy atom. The third-order valence-electron chi connectivity index (χ3n) is 4.28. The Hall–Kier alpha value is -2.18. The van der Waals surface area contributed by atoms with Crippen LogP contribution in [0.4, 0.5) is 0 Å². The molecule has 2 aromatic heterocycles. The van der Waals surface area contributed by atoms with E-state index in [1.165, 1.54) is 15.8 Å². The van der Waals surface area contributed by atoms with E-state index >= 15 is 0 Å². The van der Waals surface area contributed by atoms with Crippen LogP contribution >= 0.6 is 11.3 Å². The highest BCUT2D eigenvalue weighted by atomic mass is 32.1. The van der Waals surface area contributed by atoms with E-state index in [-0.39, 0.29) is 18.7 Å². The quantitative estimate of drug-likeness (QED) is 0.773. The van der Waals surface area contributed by atoms with Gasteiger partial charge in [-0.1, -0.05) is 18.2 Å². The Bertz CT molecular complexity index is 917. The summed E-state index contributed by atoms with van der Waals surface area (Å²) in [6.45, 7) is 0.315. The minimum atomic E-state index is -0.770. The maximum atomic E-state index is 12.7. The van der Waals surface area contributed by atoms with Crippen molar-refractivity contribution in [2.45, 2.75) is 31.9 Å².